The van der Waals surface area contributed by atoms with Gasteiger partial charge in [-0.15, -0.1) is 0 Å². The number of benzene rings is 1. The van der Waals surface area contributed by atoms with Gasteiger partial charge in [-0.2, -0.15) is 5.10 Å². The van der Waals surface area contributed by atoms with Gasteiger partial charge in [-0.05, 0) is 43.9 Å². The summed E-state index contributed by atoms with van der Waals surface area (Å²) in [5.74, 6) is 0.477. The van der Waals surface area contributed by atoms with Crippen LogP contribution in [0.25, 0.3) is 0 Å². The molecule has 3 heterocycles. The maximum atomic E-state index is 13.4. The summed E-state index contributed by atoms with van der Waals surface area (Å²) in [5.41, 5.74) is 0.242. The highest BCUT2D eigenvalue weighted by Gasteiger charge is 2.48. The molecule has 1 saturated carbocycles. The average molecular weight is 482 g/mol. The van der Waals surface area contributed by atoms with E-state index in [1.54, 1.807) is 17.9 Å². The van der Waals surface area contributed by atoms with Crippen LogP contribution >= 0.6 is 0 Å². The predicted octanol–water partition coefficient (Wildman–Crippen LogP) is 2.23. The van der Waals surface area contributed by atoms with E-state index in [4.69, 9.17) is 9.47 Å². The van der Waals surface area contributed by atoms with Crippen LogP contribution in [0.5, 0.6) is 11.5 Å². The molecular formula is C25H31N5O5. The fraction of sp³-hybridized carbons (Fsp3) is 0.520. The van der Waals surface area contributed by atoms with Gasteiger partial charge >= 0.3 is 0 Å². The molecule has 1 aromatic carbocycles. The van der Waals surface area contributed by atoms with Crippen LogP contribution in [-0.2, 0) is 17.9 Å². The summed E-state index contributed by atoms with van der Waals surface area (Å²) < 4.78 is 12.2. The van der Waals surface area contributed by atoms with Crippen molar-refractivity contribution < 1.29 is 23.9 Å². The molecular weight excluding hydrogens is 450 g/mol. The fourth-order valence-electron chi connectivity index (χ4n) is 5.06. The van der Waals surface area contributed by atoms with Crippen LogP contribution in [0.2, 0.25) is 0 Å². The largest absolute Gasteiger partial charge is 0.454 e. The maximum absolute atomic E-state index is 13.4. The second-order valence-corrected chi connectivity index (χ2v) is 9.63. The Balaban J connectivity index is 1.32. The molecule has 1 aromatic heterocycles. The van der Waals surface area contributed by atoms with Crippen LogP contribution in [-0.4, -0.2) is 57.3 Å². The Morgan fingerprint density at radius 3 is 2.71 bits per heavy atom. The van der Waals surface area contributed by atoms with Gasteiger partial charge in [-0.1, -0.05) is 25.8 Å². The second kappa shape index (κ2) is 9.24. The van der Waals surface area contributed by atoms with Crippen molar-refractivity contribution in [3.63, 3.8) is 0 Å². The number of carbonyl (C=O) groups is 3. The lowest BCUT2D eigenvalue weighted by atomic mass is 9.94. The normalized spacial score (nSPS) is 21.2. The summed E-state index contributed by atoms with van der Waals surface area (Å²) >= 11 is 0. The van der Waals surface area contributed by atoms with E-state index in [-0.39, 0.29) is 43.4 Å². The van der Waals surface area contributed by atoms with Gasteiger partial charge in [-0.3, -0.25) is 19.1 Å². The molecule has 0 bridgehead atoms. The average Bonchev–Trinajstić information content (AvgIpc) is 3.60. The molecule has 3 aliphatic rings. The zero-order valence-electron chi connectivity index (χ0n) is 20.1. The first-order chi connectivity index (χ1) is 16.9. The van der Waals surface area contributed by atoms with Gasteiger partial charge in [0.15, 0.2) is 17.2 Å². The summed E-state index contributed by atoms with van der Waals surface area (Å²) in [4.78, 5) is 41.3. The molecule has 1 aliphatic carbocycles. The van der Waals surface area contributed by atoms with Crippen molar-refractivity contribution in [2.45, 2.75) is 70.6 Å². The molecule has 186 valence electrons. The topological polar surface area (TPSA) is 115 Å². The number of aromatic nitrogens is 2. The first-order valence-corrected chi connectivity index (χ1v) is 12.3. The predicted molar refractivity (Wildman–Crippen MR) is 126 cm³/mol. The molecule has 1 atom stereocenters. The van der Waals surface area contributed by atoms with Gasteiger partial charge in [0.1, 0.15) is 11.2 Å². The van der Waals surface area contributed by atoms with Crippen LogP contribution in [0.15, 0.2) is 24.3 Å². The number of carbonyl (C=O) groups excluding carboxylic acids is 3. The molecule has 5 rings (SSSR count). The van der Waals surface area contributed by atoms with E-state index in [1.807, 2.05) is 19.1 Å². The van der Waals surface area contributed by atoms with Crippen LogP contribution < -0.4 is 20.1 Å². The lowest BCUT2D eigenvalue weighted by Gasteiger charge is -2.43. The van der Waals surface area contributed by atoms with Gasteiger partial charge in [0.25, 0.3) is 11.8 Å². The van der Waals surface area contributed by atoms with Gasteiger partial charge in [0, 0.05) is 25.2 Å². The van der Waals surface area contributed by atoms with Crippen LogP contribution in [0.4, 0.5) is 0 Å². The van der Waals surface area contributed by atoms with Crippen molar-refractivity contribution in [1.82, 2.24) is 25.3 Å². The molecule has 0 radical (unpaired) electrons. The van der Waals surface area contributed by atoms with E-state index in [0.717, 1.165) is 37.7 Å². The van der Waals surface area contributed by atoms with Crippen LogP contribution in [0, 0.1) is 0 Å². The van der Waals surface area contributed by atoms with E-state index < -0.39 is 11.4 Å². The van der Waals surface area contributed by atoms with E-state index in [9.17, 15) is 14.4 Å². The van der Waals surface area contributed by atoms with E-state index in [2.05, 4.69) is 15.7 Å². The number of ether oxygens (including phenoxy) is 2. The van der Waals surface area contributed by atoms with Crippen LogP contribution in [0.1, 0.15) is 72.5 Å². The Hall–Kier alpha value is -3.56. The smallest absolute Gasteiger partial charge is 0.273 e. The maximum Gasteiger partial charge on any atom is 0.273 e. The van der Waals surface area contributed by atoms with E-state index in [0.29, 0.717) is 23.7 Å². The van der Waals surface area contributed by atoms with Gasteiger partial charge in [-0.25, -0.2) is 0 Å². The Morgan fingerprint density at radius 2 is 1.94 bits per heavy atom. The highest BCUT2D eigenvalue weighted by Crippen LogP contribution is 2.32. The third-order valence-electron chi connectivity index (χ3n) is 7.05. The SMILES string of the molecule is CCCN1C(=O)c2cc(C(=O)NCc3ccc4c(c3)OCO4)nn2CC1(C)C(=O)NC1CCCC1. The monoisotopic (exact) mass is 481 g/mol. The van der Waals surface area contributed by atoms with Crippen LogP contribution in [0.3, 0.4) is 0 Å². The number of amides is 3. The first-order valence-electron chi connectivity index (χ1n) is 12.3. The van der Waals surface area contributed by atoms with E-state index >= 15 is 0 Å². The van der Waals surface area contributed by atoms with Gasteiger partial charge in [0.2, 0.25) is 12.7 Å². The van der Waals surface area contributed by atoms with Crippen molar-refractivity contribution in [2.24, 2.45) is 0 Å². The zero-order chi connectivity index (χ0) is 24.6. The third kappa shape index (κ3) is 4.33. The summed E-state index contributed by atoms with van der Waals surface area (Å²) in [7, 11) is 0. The second-order valence-electron chi connectivity index (χ2n) is 9.63. The van der Waals surface area contributed by atoms with Gasteiger partial charge < -0.3 is 25.0 Å². The lowest BCUT2D eigenvalue weighted by molar-refractivity contribution is -0.133. The molecule has 0 spiro atoms. The number of nitrogens with one attached hydrogen (secondary N) is 2. The number of hydrogen-bond donors (Lipinski definition) is 2. The lowest BCUT2D eigenvalue weighted by Crippen LogP contribution is -2.65. The molecule has 10 heteroatoms. The van der Waals surface area contributed by atoms with Crippen molar-refractivity contribution in [3.8, 4) is 11.5 Å². The summed E-state index contributed by atoms with van der Waals surface area (Å²) in [6, 6.07) is 7.13. The van der Waals surface area contributed by atoms with Crippen molar-refractivity contribution >= 4 is 17.7 Å². The fourth-order valence-corrected chi connectivity index (χ4v) is 5.06. The molecule has 10 nitrogen and oxygen atoms in total. The van der Waals surface area contributed by atoms with Crippen molar-refractivity contribution in [1.29, 1.82) is 0 Å². The molecule has 2 aliphatic heterocycles. The molecule has 35 heavy (non-hydrogen) atoms. The summed E-state index contributed by atoms with van der Waals surface area (Å²) in [5, 5.41) is 10.4. The summed E-state index contributed by atoms with van der Waals surface area (Å²) in [6.07, 6.45) is 4.85. The minimum Gasteiger partial charge on any atom is -0.454 e. The number of hydrogen-bond acceptors (Lipinski definition) is 6. The molecule has 1 fully saturated rings. The Bertz CT molecular complexity index is 1160. The standard InChI is InChI=1S/C25H31N5O5/c1-3-10-29-23(32)19-12-18(22(31)26-13-16-8-9-20-21(11-16)35-15-34-20)28-30(19)14-25(29,2)24(33)27-17-6-4-5-7-17/h8-9,11-12,17H,3-7,10,13-15H2,1-2H3,(H,26,31)(H,27,33). The number of rotatable bonds is 7. The number of nitrogens with zero attached hydrogens (tertiary/aromatic N) is 3. The molecule has 0 saturated heterocycles. The van der Waals surface area contributed by atoms with Crippen molar-refractivity contribution in [3.05, 3.63) is 41.2 Å². The van der Waals surface area contributed by atoms with Gasteiger partial charge in [0.05, 0.1) is 6.54 Å². The zero-order valence-corrected chi connectivity index (χ0v) is 20.1. The molecule has 2 N–H and O–H groups in total. The Labute approximate surface area is 203 Å². The minimum atomic E-state index is -1.07. The minimum absolute atomic E-state index is 0.144. The third-order valence-corrected chi connectivity index (χ3v) is 7.05. The summed E-state index contributed by atoms with van der Waals surface area (Å²) in [6.45, 7) is 4.87. The van der Waals surface area contributed by atoms with Crippen molar-refractivity contribution in [2.75, 3.05) is 13.3 Å². The first kappa shape index (κ1) is 23.2. The number of fused-ring (bicyclic) bond motifs is 2. The quantitative estimate of drug-likeness (QED) is 0.627. The Kier molecular flexibility index (Phi) is 6.12. The Morgan fingerprint density at radius 1 is 1.17 bits per heavy atom. The molecule has 3 amide bonds. The molecule has 1 unspecified atom stereocenters. The van der Waals surface area contributed by atoms with E-state index in [1.165, 1.54) is 10.7 Å². The highest BCUT2D eigenvalue weighted by molar-refractivity contribution is 6.02. The highest BCUT2D eigenvalue weighted by atomic mass is 16.7. The molecule has 2 aromatic rings.